The average Bonchev–Trinajstić information content (AvgIpc) is 3.09. The summed E-state index contributed by atoms with van der Waals surface area (Å²) in [5.74, 6) is 1.27. The number of nitrogens with zero attached hydrogens (tertiary/aromatic N) is 5. The minimum Gasteiger partial charge on any atom is -0.419 e. The van der Waals surface area contributed by atoms with Gasteiger partial charge in [0.05, 0.1) is 17.8 Å². The van der Waals surface area contributed by atoms with E-state index in [1.807, 2.05) is 24.3 Å². The van der Waals surface area contributed by atoms with Crippen molar-refractivity contribution in [3.63, 3.8) is 0 Å². The van der Waals surface area contributed by atoms with Crippen LogP contribution in [0.25, 0.3) is 11.5 Å². The van der Waals surface area contributed by atoms with E-state index in [0.717, 1.165) is 10.0 Å². The molecule has 2 heterocycles. The SMILES string of the molecule is ClCc1cn(Cc2nnc(-c3ccc(Br)cc3)o2)nn1. The second-order valence-electron chi connectivity index (χ2n) is 4.05. The maximum absolute atomic E-state index is 5.67. The minimum atomic E-state index is 0.327. The van der Waals surface area contributed by atoms with Crippen molar-refractivity contribution >= 4 is 27.5 Å². The highest BCUT2D eigenvalue weighted by atomic mass is 79.9. The van der Waals surface area contributed by atoms with Gasteiger partial charge in [-0.3, -0.25) is 0 Å². The molecule has 0 unspecified atom stereocenters. The Balaban J connectivity index is 1.78. The van der Waals surface area contributed by atoms with Crippen LogP contribution in [0, 0.1) is 0 Å². The van der Waals surface area contributed by atoms with Crippen molar-refractivity contribution in [3.05, 3.63) is 46.5 Å². The fraction of sp³-hybridized carbons (Fsp3) is 0.167. The van der Waals surface area contributed by atoms with Gasteiger partial charge in [-0.05, 0) is 24.3 Å². The summed E-state index contributed by atoms with van der Waals surface area (Å²) in [5.41, 5.74) is 1.58. The molecule has 3 aromatic rings. The van der Waals surface area contributed by atoms with Crippen LogP contribution in [0.4, 0.5) is 0 Å². The zero-order valence-electron chi connectivity index (χ0n) is 10.2. The van der Waals surface area contributed by atoms with Gasteiger partial charge in [0.15, 0.2) is 0 Å². The van der Waals surface area contributed by atoms with E-state index in [-0.39, 0.29) is 0 Å². The van der Waals surface area contributed by atoms with E-state index in [1.54, 1.807) is 10.9 Å². The largest absolute Gasteiger partial charge is 0.419 e. The Hall–Kier alpha value is -1.73. The molecule has 0 fully saturated rings. The Kier molecular flexibility index (Phi) is 3.79. The van der Waals surface area contributed by atoms with Crippen LogP contribution in [0.5, 0.6) is 0 Å². The second kappa shape index (κ2) is 5.72. The molecule has 0 aliphatic rings. The number of hydrogen-bond donors (Lipinski definition) is 0. The highest BCUT2D eigenvalue weighted by Crippen LogP contribution is 2.20. The summed E-state index contributed by atoms with van der Waals surface area (Å²) in [6, 6.07) is 7.65. The van der Waals surface area contributed by atoms with E-state index in [0.29, 0.717) is 29.9 Å². The van der Waals surface area contributed by atoms with Crippen LogP contribution in [-0.4, -0.2) is 25.2 Å². The molecule has 0 saturated heterocycles. The standard InChI is InChI=1S/C12H9BrClN5O/c13-9-3-1-8(2-4-9)12-17-16-11(20-12)7-19-6-10(5-14)15-18-19/h1-4,6H,5,7H2. The van der Waals surface area contributed by atoms with Crippen molar-refractivity contribution in [2.45, 2.75) is 12.4 Å². The van der Waals surface area contributed by atoms with Gasteiger partial charge in [-0.15, -0.1) is 26.9 Å². The number of alkyl halides is 1. The zero-order chi connectivity index (χ0) is 13.9. The number of halogens is 2. The minimum absolute atomic E-state index is 0.327. The van der Waals surface area contributed by atoms with E-state index in [9.17, 15) is 0 Å². The zero-order valence-corrected chi connectivity index (χ0v) is 12.5. The number of aromatic nitrogens is 5. The van der Waals surface area contributed by atoms with Crippen LogP contribution < -0.4 is 0 Å². The molecule has 0 amide bonds. The predicted octanol–water partition coefficient (Wildman–Crippen LogP) is 2.88. The van der Waals surface area contributed by atoms with Crippen molar-refractivity contribution in [3.8, 4) is 11.5 Å². The number of rotatable bonds is 4. The van der Waals surface area contributed by atoms with Gasteiger partial charge in [0.25, 0.3) is 0 Å². The molecule has 3 rings (SSSR count). The highest BCUT2D eigenvalue weighted by molar-refractivity contribution is 9.10. The van der Waals surface area contributed by atoms with Crippen molar-refractivity contribution in [2.75, 3.05) is 0 Å². The van der Waals surface area contributed by atoms with Gasteiger partial charge in [0.2, 0.25) is 11.8 Å². The Bertz CT molecular complexity index is 709. The predicted molar refractivity (Wildman–Crippen MR) is 76.1 cm³/mol. The quantitative estimate of drug-likeness (QED) is 0.674. The Morgan fingerprint density at radius 1 is 1.15 bits per heavy atom. The Labute approximate surface area is 127 Å². The van der Waals surface area contributed by atoms with Crippen molar-refractivity contribution < 1.29 is 4.42 Å². The van der Waals surface area contributed by atoms with Gasteiger partial charge in [-0.25, -0.2) is 4.68 Å². The lowest BCUT2D eigenvalue weighted by atomic mass is 10.2. The van der Waals surface area contributed by atoms with Gasteiger partial charge < -0.3 is 4.42 Å². The van der Waals surface area contributed by atoms with Gasteiger partial charge in [0, 0.05) is 10.0 Å². The Morgan fingerprint density at radius 3 is 2.65 bits per heavy atom. The summed E-state index contributed by atoms with van der Waals surface area (Å²) in [7, 11) is 0. The first-order valence-electron chi connectivity index (χ1n) is 5.78. The van der Waals surface area contributed by atoms with Crippen LogP contribution >= 0.6 is 27.5 Å². The molecule has 102 valence electrons. The topological polar surface area (TPSA) is 69.6 Å². The molecule has 2 aromatic heterocycles. The fourth-order valence-corrected chi connectivity index (χ4v) is 2.03. The Morgan fingerprint density at radius 2 is 1.95 bits per heavy atom. The third kappa shape index (κ3) is 2.88. The molecule has 0 N–H and O–H groups in total. The molecule has 8 heteroatoms. The summed E-state index contributed by atoms with van der Waals surface area (Å²) in [4.78, 5) is 0. The molecule has 0 aliphatic carbocycles. The molecule has 0 saturated carbocycles. The van der Waals surface area contributed by atoms with Crippen molar-refractivity contribution in [2.24, 2.45) is 0 Å². The lowest BCUT2D eigenvalue weighted by Gasteiger charge is -1.95. The van der Waals surface area contributed by atoms with E-state index < -0.39 is 0 Å². The van der Waals surface area contributed by atoms with Gasteiger partial charge >= 0.3 is 0 Å². The molecule has 0 aliphatic heterocycles. The monoisotopic (exact) mass is 353 g/mol. The summed E-state index contributed by atoms with van der Waals surface area (Å²) >= 11 is 9.05. The summed E-state index contributed by atoms with van der Waals surface area (Å²) in [6.45, 7) is 0.368. The summed E-state index contributed by atoms with van der Waals surface area (Å²) in [5, 5.41) is 15.8. The lowest BCUT2D eigenvalue weighted by Crippen LogP contribution is -2.00. The molecular formula is C12H9BrClN5O. The van der Waals surface area contributed by atoms with Gasteiger partial charge in [0.1, 0.15) is 6.54 Å². The van der Waals surface area contributed by atoms with Gasteiger partial charge in [-0.2, -0.15) is 0 Å². The van der Waals surface area contributed by atoms with Crippen LogP contribution in [0.15, 0.2) is 39.4 Å². The third-order valence-corrected chi connectivity index (χ3v) is 3.38. The van der Waals surface area contributed by atoms with E-state index in [2.05, 4.69) is 36.4 Å². The maximum Gasteiger partial charge on any atom is 0.247 e. The first-order valence-corrected chi connectivity index (χ1v) is 7.10. The molecule has 0 spiro atoms. The van der Waals surface area contributed by atoms with Crippen molar-refractivity contribution in [1.82, 2.24) is 25.2 Å². The van der Waals surface area contributed by atoms with Crippen molar-refractivity contribution in [1.29, 1.82) is 0 Å². The first-order chi connectivity index (χ1) is 9.74. The molecule has 0 atom stereocenters. The van der Waals surface area contributed by atoms with E-state index in [1.165, 1.54) is 0 Å². The smallest absolute Gasteiger partial charge is 0.247 e. The molecule has 0 radical (unpaired) electrons. The molecule has 6 nitrogen and oxygen atoms in total. The summed E-state index contributed by atoms with van der Waals surface area (Å²) in [6.07, 6.45) is 1.75. The first kappa shape index (κ1) is 13.3. The maximum atomic E-state index is 5.67. The van der Waals surface area contributed by atoms with E-state index in [4.69, 9.17) is 16.0 Å². The second-order valence-corrected chi connectivity index (χ2v) is 5.23. The molecule has 0 bridgehead atoms. The molecule has 20 heavy (non-hydrogen) atoms. The van der Waals surface area contributed by atoms with Crippen LogP contribution in [0.3, 0.4) is 0 Å². The number of benzene rings is 1. The van der Waals surface area contributed by atoms with Crippen LogP contribution in [0.1, 0.15) is 11.6 Å². The summed E-state index contributed by atoms with van der Waals surface area (Å²) < 4.78 is 8.20. The molecular weight excluding hydrogens is 346 g/mol. The normalized spacial score (nSPS) is 10.9. The third-order valence-electron chi connectivity index (χ3n) is 2.58. The number of hydrogen-bond acceptors (Lipinski definition) is 5. The van der Waals surface area contributed by atoms with Gasteiger partial charge in [-0.1, -0.05) is 21.1 Å². The van der Waals surface area contributed by atoms with Crippen LogP contribution in [0.2, 0.25) is 0 Å². The van der Waals surface area contributed by atoms with E-state index >= 15 is 0 Å². The van der Waals surface area contributed by atoms with Crippen LogP contribution in [-0.2, 0) is 12.4 Å². The molecule has 1 aromatic carbocycles. The average molecular weight is 355 g/mol. The lowest BCUT2D eigenvalue weighted by molar-refractivity contribution is 0.469. The fourth-order valence-electron chi connectivity index (χ4n) is 1.64. The highest BCUT2D eigenvalue weighted by Gasteiger charge is 2.10.